The van der Waals surface area contributed by atoms with Gasteiger partial charge in [-0.15, -0.1) is 0 Å². The number of rotatable bonds is 5. The average molecular weight is 469 g/mol. The van der Waals surface area contributed by atoms with Crippen LogP contribution in [0.4, 0.5) is 0 Å². The molecule has 1 aliphatic rings. The minimum atomic E-state index is 0.378. The fourth-order valence-corrected chi connectivity index (χ4v) is 5.60. The Bertz CT molecular complexity index is 1520. The monoisotopic (exact) mass is 468 g/mol. The standard InChI is InChI=1S/C34H32N2/c1-22(2)30-20-28(24-10-6-5-7-11-24)21-31(23(3)4)33(30)36-17-16-35-34(36)27-15-14-26-18-25-12-8-9-13-29(25)32(26)19-27/h5-17,19-23H,18H2,1-4H3. The Balaban J connectivity index is 1.54. The molecule has 2 nitrogen and oxygen atoms in total. The predicted molar refractivity (Wildman–Crippen MR) is 151 cm³/mol. The van der Waals surface area contributed by atoms with Crippen molar-refractivity contribution >= 4 is 0 Å². The first-order valence-corrected chi connectivity index (χ1v) is 13.0. The lowest BCUT2D eigenvalue weighted by molar-refractivity contribution is 0.807. The van der Waals surface area contributed by atoms with E-state index < -0.39 is 0 Å². The van der Waals surface area contributed by atoms with E-state index in [1.807, 2.05) is 6.20 Å². The van der Waals surface area contributed by atoms with E-state index in [1.165, 1.54) is 50.2 Å². The zero-order valence-corrected chi connectivity index (χ0v) is 21.5. The van der Waals surface area contributed by atoms with Gasteiger partial charge in [-0.1, -0.05) is 94.4 Å². The summed E-state index contributed by atoms with van der Waals surface area (Å²) in [4.78, 5) is 4.89. The van der Waals surface area contributed by atoms with Crippen LogP contribution in [0, 0.1) is 0 Å². The van der Waals surface area contributed by atoms with Gasteiger partial charge < -0.3 is 0 Å². The van der Waals surface area contributed by atoms with Gasteiger partial charge in [0.2, 0.25) is 0 Å². The molecule has 5 aromatic rings. The van der Waals surface area contributed by atoms with Crippen molar-refractivity contribution in [2.75, 3.05) is 0 Å². The van der Waals surface area contributed by atoms with Gasteiger partial charge in [0.05, 0.1) is 5.69 Å². The highest BCUT2D eigenvalue weighted by Crippen LogP contribution is 2.41. The van der Waals surface area contributed by atoms with Gasteiger partial charge in [0, 0.05) is 18.0 Å². The number of fused-ring (bicyclic) bond motifs is 3. The van der Waals surface area contributed by atoms with Gasteiger partial charge in [-0.05, 0) is 81.0 Å². The van der Waals surface area contributed by atoms with Gasteiger partial charge in [0.1, 0.15) is 5.82 Å². The van der Waals surface area contributed by atoms with Crippen molar-refractivity contribution in [3.63, 3.8) is 0 Å². The number of hydrogen-bond acceptors (Lipinski definition) is 1. The molecular formula is C34H32N2. The van der Waals surface area contributed by atoms with Crippen LogP contribution < -0.4 is 0 Å². The predicted octanol–water partition coefficient (Wildman–Crippen LogP) is 9.02. The number of imidazole rings is 1. The summed E-state index contributed by atoms with van der Waals surface area (Å²) in [5.74, 6) is 1.75. The Morgan fingerprint density at radius 3 is 2.03 bits per heavy atom. The molecule has 0 unspecified atom stereocenters. The van der Waals surface area contributed by atoms with Gasteiger partial charge in [0.15, 0.2) is 0 Å². The summed E-state index contributed by atoms with van der Waals surface area (Å²) in [7, 11) is 0. The maximum atomic E-state index is 4.89. The number of benzene rings is 4. The SMILES string of the molecule is CC(C)c1cc(-c2ccccc2)cc(C(C)C)c1-n1ccnc1-c1ccc2c(c1)-c1ccccc1C2. The van der Waals surface area contributed by atoms with Crippen molar-refractivity contribution in [2.45, 2.75) is 46.0 Å². The molecule has 0 spiro atoms. The first-order chi connectivity index (χ1) is 17.5. The van der Waals surface area contributed by atoms with Crippen molar-refractivity contribution in [3.8, 4) is 39.3 Å². The summed E-state index contributed by atoms with van der Waals surface area (Å²) in [5, 5.41) is 0. The summed E-state index contributed by atoms with van der Waals surface area (Å²) in [6, 6.07) is 31.1. The fourth-order valence-electron chi connectivity index (χ4n) is 5.60. The van der Waals surface area contributed by atoms with Crippen molar-refractivity contribution in [3.05, 3.63) is 120 Å². The molecule has 2 heteroatoms. The van der Waals surface area contributed by atoms with Crippen LogP contribution in [0.25, 0.3) is 39.3 Å². The largest absolute Gasteiger partial charge is 0.299 e. The molecule has 0 amide bonds. The van der Waals surface area contributed by atoms with E-state index in [-0.39, 0.29) is 0 Å². The van der Waals surface area contributed by atoms with Crippen LogP contribution in [0.1, 0.15) is 61.8 Å². The third-order valence-electron chi connectivity index (χ3n) is 7.46. The van der Waals surface area contributed by atoms with Crippen LogP contribution in [0.3, 0.4) is 0 Å². The molecule has 0 aliphatic heterocycles. The second-order valence-corrected chi connectivity index (χ2v) is 10.5. The summed E-state index contributed by atoms with van der Waals surface area (Å²) in [6.07, 6.45) is 5.08. The van der Waals surface area contributed by atoms with Crippen LogP contribution in [0.2, 0.25) is 0 Å². The lowest BCUT2D eigenvalue weighted by Gasteiger charge is -2.24. The quantitative estimate of drug-likeness (QED) is 0.247. The zero-order chi connectivity index (χ0) is 24.8. The first kappa shape index (κ1) is 22.5. The molecule has 0 N–H and O–H groups in total. The second kappa shape index (κ2) is 8.95. The molecule has 4 aromatic carbocycles. The van der Waals surface area contributed by atoms with E-state index in [4.69, 9.17) is 4.98 Å². The number of hydrogen-bond donors (Lipinski definition) is 0. The topological polar surface area (TPSA) is 17.8 Å². The van der Waals surface area contributed by atoms with E-state index in [0.717, 1.165) is 17.8 Å². The molecule has 36 heavy (non-hydrogen) atoms. The van der Waals surface area contributed by atoms with Crippen LogP contribution >= 0.6 is 0 Å². The molecule has 0 saturated carbocycles. The van der Waals surface area contributed by atoms with Crippen molar-refractivity contribution in [1.29, 1.82) is 0 Å². The highest BCUT2D eigenvalue weighted by atomic mass is 15.1. The molecule has 0 fully saturated rings. The maximum absolute atomic E-state index is 4.89. The molecule has 1 heterocycles. The Morgan fingerprint density at radius 2 is 1.31 bits per heavy atom. The molecule has 0 atom stereocenters. The Morgan fingerprint density at radius 1 is 0.639 bits per heavy atom. The lowest BCUT2D eigenvalue weighted by atomic mass is 9.88. The average Bonchev–Trinajstić information content (AvgIpc) is 3.53. The normalized spacial score (nSPS) is 12.3. The Labute approximate surface area is 214 Å². The van der Waals surface area contributed by atoms with Gasteiger partial charge in [-0.2, -0.15) is 0 Å². The third-order valence-corrected chi connectivity index (χ3v) is 7.46. The van der Waals surface area contributed by atoms with Crippen LogP contribution in [0.15, 0.2) is 97.3 Å². The van der Waals surface area contributed by atoms with Crippen molar-refractivity contribution < 1.29 is 0 Å². The maximum Gasteiger partial charge on any atom is 0.144 e. The lowest BCUT2D eigenvalue weighted by Crippen LogP contribution is -2.08. The smallest absolute Gasteiger partial charge is 0.144 e. The van der Waals surface area contributed by atoms with Crippen molar-refractivity contribution in [1.82, 2.24) is 9.55 Å². The second-order valence-electron chi connectivity index (χ2n) is 10.5. The van der Waals surface area contributed by atoms with E-state index in [2.05, 4.69) is 123 Å². The molecule has 0 radical (unpaired) electrons. The van der Waals surface area contributed by atoms with Gasteiger partial charge in [0.25, 0.3) is 0 Å². The third kappa shape index (κ3) is 3.78. The van der Waals surface area contributed by atoms with Crippen LogP contribution in [-0.2, 0) is 6.42 Å². The first-order valence-electron chi connectivity index (χ1n) is 13.0. The summed E-state index contributed by atoms with van der Waals surface area (Å²) >= 11 is 0. The van der Waals surface area contributed by atoms with E-state index in [0.29, 0.717) is 11.8 Å². The molecular weight excluding hydrogens is 436 g/mol. The zero-order valence-electron chi connectivity index (χ0n) is 21.5. The van der Waals surface area contributed by atoms with Gasteiger partial charge in [-0.3, -0.25) is 4.57 Å². The summed E-state index contributed by atoms with van der Waals surface area (Å²) < 4.78 is 2.32. The minimum absolute atomic E-state index is 0.378. The molecule has 1 aromatic heterocycles. The van der Waals surface area contributed by atoms with E-state index in [9.17, 15) is 0 Å². The van der Waals surface area contributed by atoms with Crippen LogP contribution in [0.5, 0.6) is 0 Å². The fraction of sp³-hybridized carbons (Fsp3) is 0.206. The Kier molecular flexibility index (Phi) is 5.60. The van der Waals surface area contributed by atoms with Gasteiger partial charge in [-0.25, -0.2) is 4.98 Å². The number of nitrogens with zero attached hydrogens (tertiary/aromatic N) is 2. The summed E-state index contributed by atoms with van der Waals surface area (Å²) in [5.41, 5.74) is 13.2. The summed E-state index contributed by atoms with van der Waals surface area (Å²) in [6.45, 7) is 9.17. The molecule has 0 saturated heterocycles. The van der Waals surface area contributed by atoms with Crippen molar-refractivity contribution in [2.24, 2.45) is 0 Å². The van der Waals surface area contributed by atoms with Gasteiger partial charge >= 0.3 is 0 Å². The molecule has 6 rings (SSSR count). The van der Waals surface area contributed by atoms with E-state index >= 15 is 0 Å². The molecule has 1 aliphatic carbocycles. The molecule has 0 bridgehead atoms. The van der Waals surface area contributed by atoms with E-state index in [1.54, 1.807) is 0 Å². The highest BCUT2D eigenvalue weighted by molar-refractivity contribution is 5.81. The number of aromatic nitrogens is 2. The highest BCUT2D eigenvalue weighted by Gasteiger charge is 2.23. The van der Waals surface area contributed by atoms with Crippen LogP contribution in [-0.4, -0.2) is 9.55 Å². The minimum Gasteiger partial charge on any atom is -0.299 e. The Hall–Kier alpha value is -3.91. The molecule has 178 valence electrons.